The summed E-state index contributed by atoms with van der Waals surface area (Å²) in [5, 5.41) is 9.05. The third kappa shape index (κ3) is 2.85. The molecule has 0 aliphatic carbocycles. The first-order valence-corrected chi connectivity index (χ1v) is 5.45. The first kappa shape index (κ1) is 13.4. The molecule has 0 spiro atoms. The number of hydrogen-bond acceptors (Lipinski definition) is 3. The number of hydrogen-bond donors (Lipinski definition) is 2. The molecule has 1 aromatic heterocycles. The van der Waals surface area contributed by atoms with Gasteiger partial charge in [0.05, 0.1) is 29.2 Å². The van der Waals surface area contributed by atoms with Crippen LogP contribution in [0.25, 0.3) is 11.3 Å². The van der Waals surface area contributed by atoms with Gasteiger partial charge in [-0.3, -0.25) is 0 Å². The summed E-state index contributed by atoms with van der Waals surface area (Å²) in [5.41, 5.74) is 6.52. The molecule has 3 N–H and O–H groups in total. The summed E-state index contributed by atoms with van der Waals surface area (Å²) in [6.07, 6.45) is -4.36. The first-order valence-electron chi connectivity index (χ1n) is 5.45. The van der Waals surface area contributed by atoms with Gasteiger partial charge >= 0.3 is 6.18 Å². The van der Waals surface area contributed by atoms with Gasteiger partial charge in [-0.15, -0.1) is 0 Å². The number of rotatable bonds is 2. The summed E-state index contributed by atoms with van der Waals surface area (Å²) in [5.74, 6) is 0. The normalized spacial score (nSPS) is 11.6. The molecule has 19 heavy (non-hydrogen) atoms. The van der Waals surface area contributed by atoms with E-state index in [1.807, 2.05) is 0 Å². The number of benzene rings is 1. The number of anilines is 1. The largest absolute Gasteiger partial charge is 0.416 e. The second kappa shape index (κ2) is 4.89. The van der Waals surface area contributed by atoms with Crippen molar-refractivity contribution in [2.45, 2.75) is 12.8 Å². The Bertz CT molecular complexity index is 579. The van der Waals surface area contributed by atoms with Crippen LogP contribution in [0.3, 0.4) is 0 Å². The molecule has 6 heteroatoms. The predicted octanol–water partition coefficient (Wildman–Crippen LogP) is 2.84. The van der Waals surface area contributed by atoms with Gasteiger partial charge < -0.3 is 10.8 Å². The molecule has 1 heterocycles. The van der Waals surface area contributed by atoms with Gasteiger partial charge in [-0.2, -0.15) is 13.2 Å². The Morgan fingerprint density at radius 1 is 1.05 bits per heavy atom. The van der Waals surface area contributed by atoms with E-state index in [1.54, 1.807) is 12.1 Å². The van der Waals surface area contributed by atoms with Gasteiger partial charge in [0.1, 0.15) is 0 Å². The number of aliphatic hydroxyl groups excluding tert-OH is 1. The maximum atomic E-state index is 12.4. The van der Waals surface area contributed by atoms with Crippen molar-refractivity contribution in [2.24, 2.45) is 0 Å². The minimum Gasteiger partial charge on any atom is -0.397 e. The highest BCUT2D eigenvalue weighted by molar-refractivity contribution is 5.62. The van der Waals surface area contributed by atoms with Crippen molar-refractivity contribution in [3.8, 4) is 11.3 Å². The highest BCUT2D eigenvalue weighted by atomic mass is 19.4. The average Bonchev–Trinajstić information content (AvgIpc) is 2.38. The second-order valence-corrected chi connectivity index (χ2v) is 3.97. The highest BCUT2D eigenvalue weighted by Crippen LogP contribution is 2.30. The molecular weight excluding hydrogens is 257 g/mol. The highest BCUT2D eigenvalue weighted by Gasteiger charge is 2.29. The van der Waals surface area contributed by atoms with Crippen molar-refractivity contribution < 1.29 is 18.3 Å². The molecule has 0 saturated carbocycles. The number of aromatic nitrogens is 1. The van der Waals surface area contributed by atoms with Crippen LogP contribution in [0, 0.1) is 0 Å². The summed E-state index contributed by atoms with van der Waals surface area (Å²) in [7, 11) is 0. The first-order chi connectivity index (χ1) is 8.91. The fraction of sp³-hybridized carbons (Fsp3) is 0.154. The number of nitrogen functional groups attached to an aromatic ring is 1. The Hall–Kier alpha value is -2.08. The number of pyridine rings is 1. The van der Waals surface area contributed by atoms with E-state index in [-0.39, 0.29) is 6.61 Å². The molecule has 0 radical (unpaired) electrons. The number of halogens is 3. The van der Waals surface area contributed by atoms with E-state index in [4.69, 9.17) is 10.8 Å². The standard InChI is InChI=1S/C13H11F3N2O/c14-13(15,16)9-3-1-8(2-4-9)11-6-5-10(17)12(7-19)18-11/h1-6,19H,7,17H2. The van der Waals surface area contributed by atoms with Gasteiger partial charge in [-0.05, 0) is 24.3 Å². The van der Waals surface area contributed by atoms with E-state index < -0.39 is 11.7 Å². The minimum atomic E-state index is -4.36. The average molecular weight is 268 g/mol. The van der Waals surface area contributed by atoms with E-state index in [2.05, 4.69) is 4.98 Å². The molecule has 0 atom stereocenters. The molecule has 2 aromatic rings. The molecule has 0 bridgehead atoms. The monoisotopic (exact) mass is 268 g/mol. The van der Waals surface area contributed by atoms with E-state index in [9.17, 15) is 13.2 Å². The van der Waals surface area contributed by atoms with Crippen molar-refractivity contribution >= 4 is 5.69 Å². The third-order valence-electron chi connectivity index (χ3n) is 2.67. The van der Waals surface area contributed by atoms with E-state index in [1.165, 1.54) is 12.1 Å². The van der Waals surface area contributed by atoms with Gasteiger partial charge in [-0.25, -0.2) is 4.98 Å². The molecule has 0 unspecified atom stereocenters. The number of nitrogens with zero attached hydrogens (tertiary/aromatic N) is 1. The van der Waals surface area contributed by atoms with Gasteiger partial charge in [0.25, 0.3) is 0 Å². The summed E-state index contributed by atoms with van der Waals surface area (Å²) in [6, 6.07) is 7.81. The van der Waals surface area contributed by atoms with Crippen LogP contribution < -0.4 is 5.73 Å². The fourth-order valence-electron chi connectivity index (χ4n) is 1.63. The predicted molar refractivity (Wildman–Crippen MR) is 65.0 cm³/mol. The van der Waals surface area contributed by atoms with Crippen LogP contribution in [-0.2, 0) is 12.8 Å². The second-order valence-electron chi connectivity index (χ2n) is 3.97. The molecule has 0 aliphatic heterocycles. The van der Waals surface area contributed by atoms with Crippen molar-refractivity contribution in [3.63, 3.8) is 0 Å². The summed E-state index contributed by atoms with van der Waals surface area (Å²) >= 11 is 0. The van der Waals surface area contributed by atoms with Crippen molar-refractivity contribution in [1.82, 2.24) is 4.98 Å². The fourth-order valence-corrected chi connectivity index (χ4v) is 1.63. The van der Waals surface area contributed by atoms with Crippen molar-refractivity contribution in [3.05, 3.63) is 47.7 Å². The number of aliphatic hydroxyl groups is 1. The van der Waals surface area contributed by atoms with E-state index >= 15 is 0 Å². The molecule has 0 aliphatic rings. The molecule has 0 fully saturated rings. The molecule has 0 amide bonds. The van der Waals surface area contributed by atoms with Gasteiger partial charge in [-0.1, -0.05) is 12.1 Å². The van der Waals surface area contributed by atoms with Crippen LogP contribution in [0.5, 0.6) is 0 Å². The smallest absolute Gasteiger partial charge is 0.397 e. The number of alkyl halides is 3. The molecule has 0 saturated heterocycles. The van der Waals surface area contributed by atoms with Crippen LogP contribution >= 0.6 is 0 Å². The Balaban J connectivity index is 2.37. The molecule has 100 valence electrons. The van der Waals surface area contributed by atoms with Crippen LogP contribution in [0.1, 0.15) is 11.3 Å². The Kier molecular flexibility index (Phi) is 3.44. The lowest BCUT2D eigenvalue weighted by Crippen LogP contribution is -2.04. The Labute approximate surface area is 107 Å². The van der Waals surface area contributed by atoms with E-state index in [0.717, 1.165) is 12.1 Å². The summed E-state index contributed by atoms with van der Waals surface area (Å²) < 4.78 is 37.3. The lowest BCUT2D eigenvalue weighted by molar-refractivity contribution is -0.137. The zero-order chi connectivity index (χ0) is 14.0. The lowest BCUT2D eigenvalue weighted by atomic mass is 10.1. The zero-order valence-electron chi connectivity index (χ0n) is 9.78. The minimum absolute atomic E-state index is 0.303. The molecule has 3 nitrogen and oxygen atoms in total. The summed E-state index contributed by atoms with van der Waals surface area (Å²) in [4.78, 5) is 4.10. The third-order valence-corrected chi connectivity index (χ3v) is 2.67. The van der Waals surface area contributed by atoms with Gasteiger partial charge in [0.15, 0.2) is 0 Å². The summed E-state index contributed by atoms with van der Waals surface area (Å²) in [6.45, 7) is -0.319. The quantitative estimate of drug-likeness (QED) is 0.880. The van der Waals surface area contributed by atoms with Gasteiger partial charge in [0.2, 0.25) is 0 Å². The SMILES string of the molecule is Nc1ccc(-c2ccc(C(F)(F)F)cc2)nc1CO. The van der Waals surface area contributed by atoms with Crippen LogP contribution in [0.15, 0.2) is 36.4 Å². The van der Waals surface area contributed by atoms with Crippen LogP contribution in [0.4, 0.5) is 18.9 Å². The van der Waals surface area contributed by atoms with Gasteiger partial charge in [0, 0.05) is 5.56 Å². The van der Waals surface area contributed by atoms with Crippen LogP contribution in [-0.4, -0.2) is 10.1 Å². The van der Waals surface area contributed by atoms with Crippen molar-refractivity contribution in [1.29, 1.82) is 0 Å². The molecular formula is C13H11F3N2O. The van der Waals surface area contributed by atoms with E-state index in [0.29, 0.717) is 22.6 Å². The lowest BCUT2D eigenvalue weighted by Gasteiger charge is -2.08. The topological polar surface area (TPSA) is 59.1 Å². The molecule has 1 aromatic carbocycles. The molecule has 2 rings (SSSR count). The Morgan fingerprint density at radius 3 is 2.21 bits per heavy atom. The zero-order valence-corrected chi connectivity index (χ0v) is 9.78. The Morgan fingerprint density at radius 2 is 1.68 bits per heavy atom. The maximum absolute atomic E-state index is 12.4. The van der Waals surface area contributed by atoms with Crippen molar-refractivity contribution in [2.75, 3.05) is 5.73 Å². The number of nitrogens with two attached hydrogens (primary N) is 1. The van der Waals surface area contributed by atoms with Crippen LogP contribution in [0.2, 0.25) is 0 Å². The maximum Gasteiger partial charge on any atom is 0.416 e.